The molecule has 0 bridgehead atoms. The largest absolute Gasteiger partial charge is 1.00 e. The topological polar surface area (TPSA) is 103 Å². The van der Waals surface area contributed by atoms with Gasteiger partial charge in [0.2, 0.25) is 0 Å². The smallest absolute Gasteiger partial charge is 0.292 e. The molecule has 7 heteroatoms. The summed E-state index contributed by atoms with van der Waals surface area (Å²) in [5.74, 6) is -0.206. The average Bonchev–Trinajstić information content (AvgIpc) is 2.93. The highest BCUT2D eigenvalue weighted by atomic mass is 35.5. The van der Waals surface area contributed by atoms with Crippen LogP contribution in [0.5, 0.6) is 0 Å². The number of halogens is 2. The zero-order valence-electron chi connectivity index (χ0n) is 14.5. The first kappa shape index (κ1) is 22.3. The van der Waals surface area contributed by atoms with E-state index in [9.17, 15) is 4.39 Å². The zero-order valence-corrected chi connectivity index (χ0v) is 15.3. The van der Waals surface area contributed by atoms with E-state index in [1.165, 1.54) is 22.5 Å². The van der Waals surface area contributed by atoms with Crippen LogP contribution in [0.25, 0.3) is 33.0 Å². The average molecular weight is 391 g/mol. The van der Waals surface area contributed by atoms with Crippen molar-refractivity contribution in [2.45, 2.75) is 6.92 Å². The Morgan fingerprint density at radius 3 is 2.33 bits per heavy atom. The lowest BCUT2D eigenvalue weighted by molar-refractivity contribution is -0.479. The van der Waals surface area contributed by atoms with Crippen LogP contribution in [0.4, 0.5) is 4.39 Å². The first-order valence-corrected chi connectivity index (χ1v) is 7.65. The van der Waals surface area contributed by atoms with Gasteiger partial charge in [-0.3, -0.25) is 0 Å². The minimum atomic E-state index is -0.206. The van der Waals surface area contributed by atoms with Gasteiger partial charge in [-0.05, 0) is 55.5 Å². The normalized spacial score (nSPS) is 10.1. The van der Waals surface area contributed by atoms with Gasteiger partial charge in [-0.15, -0.1) is 0 Å². The zero-order chi connectivity index (χ0) is 15.6. The van der Waals surface area contributed by atoms with E-state index < -0.39 is 0 Å². The number of fused-ring (bicyclic) bond motifs is 7. The third-order valence-electron chi connectivity index (χ3n) is 4.51. The summed E-state index contributed by atoms with van der Waals surface area (Å²) in [6, 6.07) is 19.7. The van der Waals surface area contributed by atoms with Crippen LogP contribution in [0.3, 0.4) is 0 Å². The summed E-state index contributed by atoms with van der Waals surface area (Å²) in [6.45, 7) is 2.11. The van der Waals surface area contributed by atoms with E-state index in [1.807, 2.05) is 18.2 Å². The molecule has 5 aromatic rings. The Kier molecular flexibility index (Phi) is 6.48. The molecule has 6 N–H and O–H groups in total. The Balaban J connectivity index is 0.000000911. The van der Waals surface area contributed by atoms with E-state index in [2.05, 4.69) is 52.3 Å². The molecule has 3 heterocycles. The second-order valence-electron chi connectivity index (χ2n) is 6.05. The quantitative estimate of drug-likeness (QED) is 0.301. The van der Waals surface area contributed by atoms with Crippen molar-refractivity contribution in [3.63, 3.8) is 0 Å². The van der Waals surface area contributed by atoms with Crippen molar-refractivity contribution in [2.75, 3.05) is 0 Å². The van der Waals surface area contributed by atoms with Gasteiger partial charge in [0.05, 0.1) is 0 Å². The maximum absolute atomic E-state index is 13.5. The van der Waals surface area contributed by atoms with Crippen molar-refractivity contribution >= 4 is 33.0 Å². The van der Waals surface area contributed by atoms with Crippen molar-refractivity contribution in [2.24, 2.45) is 0 Å². The van der Waals surface area contributed by atoms with Gasteiger partial charge < -0.3 is 28.8 Å². The van der Waals surface area contributed by atoms with Gasteiger partial charge in [-0.2, -0.15) is 8.80 Å². The number of aryl methyl sites for hydroxylation is 1. The minimum Gasteiger partial charge on any atom is -1.00 e. The minimum absolute atomic E-state index is 0. The third kappa shape index (κ3) is 3.20. The Morgan fingerprint density at radius 2 is 1.56 bits per heavy atom. The fraction of sp³-hybridized carbons (Fsp3) is 0.0500. The molecule has 2 aromatic carbocycles. The Morgan fingerprint density at radius 1 is 0.815 bits per heavy atom. The fourth-order valence-electron chi connectivity index (χ4n) is 3.45. The third-order valence-corrected chi connectivity index (χ3v) is 4.51. The lowest BCUT2D eigenvalue weighted by Crippen LogP contribution is -3.00. The SMILES string of the molecule is Cc1ccc2c(ccc3c[n+]4c5ccc(F)cc5ccc4n32)c1.O.O.O.[Cl-]. The Labute approximate surface area is 160 Å². The van der Waals surface area contributed by atoms with Crippen LogP contribution in [0.2, 0.25) is 0 Å². The molecule has 142 valence electrons. The summed E-state index contributed by atoms with van der Waals surface area (Å²) in [7, 11) is 0. The summed E-state index contributed by atoms with van der Waals surface area (Å²) in [6.07, 6.45) is 2.11. The highest BCUT2D eigenvalue weighted by Crippen LogP contribution is 2.22. The molecule has 0 aliphatic carbocycles. The van der Waals surface area contributed by atoms with Gasteiger partial charge in [-0.25, -0.2) is 4.39 Å². The van der Waals surface area contributed by atoms with E-state index in [0.717, 1.165) is 22.1 Å². The number of nitrogens with zero attached hydrogens (tertiary/aromatic N) is 2. The molecule has 0 saturated heterocycles. The van der Waals surface area contributed by atoms with Crippen LogP contribution in [0.1, 0.15) is 5.56 Å². The van der Waals surface area contributed by atoms with Gasteiger partial charge in [0.1, 0.15) is 23.0 Å². The van der Waals surface area contributed by atoms with Crippen molar-refractivity contribution in [3.8, 4) is 0 Å². The van der Waals surface area contributed by atoms with Gasteiger partial charge in [0, 0.05) is 16.8 Å². The molecule has 0 atom stereocenters. The second kappa shape index (κ2) is 7.85. The summed E-state index contributed by atoms with van der Waals surface area (Å²) in [4.78, 5) is 0. The molecule has 0 aliphatic heterocycles. The van der Waals surface area contributed by atoms with Crippen LogP contribution < -0.4 is 16.8 Å². The van der Waals surface area contributed by atoms with Crippen LogP contribution in [0.15, 0.2) is 66.9 Å². The lowest BCUT2D eigenvalue weighted by atomic mass is 10.1. The van der Waals surface area contributed by atoms with Gasteiger partial charge in [0.25, 0.3) is 5.65 Å². The molecule has 27 heavy (non-hydrogen) atoms. The maximum atomic E-state index is 13.5. The number of pyridine rings is 2. The molecule has 5 rings (SSSR count). The van der Waals surface area contributed by atoms with Crippen molar-refractivity contribution < 1.29 is 37.6 Å². The van der Waals surface area contributed by atoms with E-state index in [4.69, 9.17) is 0 Å². The molecular formula is C20H20ClFN2O3. The van der Waals surface area contributed by atoms with Crippen LogP contribution >= 0.6 is 0 Å². The highest BCUT2D eigenvalue weighted by molar-refractivity contribution is 5.86. The molecular weight excluding hydrogens is 371 g/mol. The predicted molar refractivity (Wildman–Crippen MR) is 101 cm³/mol. The summed E-state index contributed by atoms with van der Waals surface area (Å²) in [5, 5.41) is 2.12. The second-order valence-corrected chi connectivity index (χ2v) is 6.05. The van der Waals surface area contributed by atoms with Crippen molar-refractivity contribution in [1.29, 1.82) is 0 Å². The van der Waals surface area contributed by atoms with Gasteiger partial charge >= 0.3 is 0 Å². The summed E-state index contributed by atoms with van der Waals surface area (Å²) in [5.41, 5.74) is 5.64. The van der Waals surface area contributed by atoms with E-state index >= 15 is 0 Å². The van der Waals surface area contributed by atoms with Crippen molar-refractivity contribution in [3.05, 3.63) is 78.2 Å². The summed E-state index contributed by atoms with van der Waals surface area (Å²) >= 11 is 0. The fourth-order valence-corrected chi connectivity index (χ4v) is 3.45. The van der Waals surface area contributed by atoms with E-state index in [-0.39, 0.29) is 34.7 Å². The van der Waals surface area contributed by atoms with E-state index in [0.29, 0.717) is 0 Å². The molecule has 0 fully saturated rings. The molecule has 0 unspecified atom stereocenters. The lowest BCUT2D eigenvalue weighted by Gasteiger charge is -2.00. The van der Waals surface area contributed by atoms with E-state index in [1.54, 1.807) is 6.07 Å². The predicted octanol–water partition coefficient (Wildman–Crippen LogP) is -1.04. The Hall–Kier alpha value is -2.77. The highest BCUT2D eigenvalue weighted by Gasteiger charge is 2.16. The number of imidazole rings is 1. The van der Waals surface area contributed by atoms with Crippen LogP contribution in [-0.2, 0) is 0 Å². The summed E-state index contributed by atoms with van der Waals surface area (Å²) < 4.78 is 17.8. The van der Waals surface area contributed by atoms with Gasteiger partial charge in [0.15, 0.2) is 5.52 Å². The number of rotatable bonds is 0. The number of aromatic nitrogens is 2. The number of hydrogen-bond donors (Lipinski definition) is 0. The molecule has 0 radical (unpaired) electrons. The molecule has 0 amide bonds. The standard InChI is InChI=1S/C20H14FN2.ClH.3H2O/c1-13-2-7-19-14(10-13)3-6-17-12-22-18-8-5-16(21)11-15(18)4-9-20(22)23(17)19;;;;/h2-12H,1H3;1H;3*1H2/q+1;;;;/p-1. The van der Waals surface area contributed by atoms with Crippen molar-refractivity contribution in [1.82, 2.24) is 4.40 Å². The molecule has 3 aromatic heterocycles. The monoisotopic (exact) mass is 390 g/mol. The maximum Gasteiger partial charge on any atom is 0.292 e. The Bertz CT molecular complexity index is 1250. The first-order chi connectivity index (χ1) is 11.2. The molecule has 0 saturated carbocycles. The molecule has 5 nitrogen and oxygen atoms in total. The van der Waals surface area contributed by atoms with Crippen LogP contribution in [0, 0.1) is 12.7 Å². The molecule has 0 spiro atoms. The first-order valence-electron chi connectivity index (χ1n) is 7.65. The number of hydrogen-bond acceptors (Lipinski definition) is 0. The number of benzene rings is 2. The van der Waals surface area contributed by atoms with Crippen LogP contribution in [-0.4, -0.2) is 20.8 Å². The molecule has 0 aliphatic rings. The van der Waals surface area contributed by atoms with Gasteiger partial charge in [-0.1, -0.05) is 11.6 Å².